The fourth-order valence-electron chi connectivity index (χ4n) is 7.93. The molecule has 0 aromatic heterocycles. The summed E-state index contributed by atoms with van der Waals surface area (Å²) in [6.45, 7) is 7.28. The Kier molecular flexibility index (Phi) is 4.08. The van der Waals surface area contributed by atoms with Crippen LogP contribution in [0.5, 0.6) is 0 Å². The summed E-state index contributed by atoms with van der Waals surface area (Å²) in [6.07, 6.45) is 4.32. The minimum absolute atomic E-state index is 0.0907. The number of ketones is 1. The van der Waals surface area contributed by atoms with Crippen molar-refractivity contribution in [3.8, 4) is 0 Å². The standard InChI is InChI=1S/C24H29FO6/c1-5-19(27)31-23(20(28)29)12(2)8-14-15-10-17(25)16-9-13(26)6-7-21(16,3)24(15)18(30-24)11-22(14,23)4/h6-7,9,12,14-15,17-18H,5,8,10-11H2,1-4H3,(H,28,29)/t12-,14+,15+,17+,18+,21+,22+,23+,24-/m1/s1. The van der Waals surface area contributed by atoms with Crippen LogP contribution in [0.25, 0.3) is 0 Å². The largest absolute Gasteiger partial charge is 0.478 e. The van der Waals surface area contributed by atoms with Gasteiger partial charge in [-0.1, -0.05) is 26.8 Å². The average Bonchev–Trinajstić information content (AvgIpc) is 3.38. The second kappa shape index (κ2) is 6.06. The van der Waals surface area contributed by atoms with E-state index in [0.717, 1.165) is 0 Å². The molecule has 0 aromatic rings. The number of fused-ring (bicyclic) bond motifs is 3. The lowest BCUT2D eigenvalue weighted by molar-refractivity contribution is -0.204. The van der Waals surface area contributed by atoms with Crippen LogP contribution in [-0.4, -0.2) is 46.3 Å². The molecule has 0 amide bonds. The number of esters is 1. The predicted octanol–water partition coefficient (Wildman–Crippen LogP) is 3.40. The molecule has 1 N–H and O–H groups in total. The SMILES string of the molecule is CCC(=O)O[C@]1(C(=O)O)[C@H](C)C[C@H]2[C@@H]3C[C@H](F)C4=CC(=O)C=C[C@]4(C)[C@@]34O[C@H]4C[C@@]21C. The van der Waals surface area contributed by atoms with Gasteiger partial charge in [0.15, 0.2) is 5.78 Å². The van der Waals surface area contributed by atoms with E-state index in [-0.39, 0.29) is 36.6 Å². The molecule has 168 valence electrons. The molecule has 5 rings (SSSR count). The van der Waals surface area contributed by atoms with E-state index in [1.807, 2.05) is 20.8 Å². The summed E-state index contributed by atoms with van der Waals surface area (Å²) in [4.78, 5) is 36.9. The lowest BCUT2D eigenvalue weighted by atomic mass is 9.46. The molecule has 0 aromatic carbocycles. The summed E-state index contributed by atoms with van der Waals surface area (Å²) in [5.41, 5.74) is -3.46. The lowest BCUT2D eigenvalue weighted by Gasteiger charge is -2.56. The third-order valence-corrected chi connectivity index (χ3v) is 9.34. The molecule has 6 nitrogen and oxygen atoms in total. The Morgan fingerprint density at radius 3 is 2.65 bits per heavy atom. The Morgan fingerprint density at radius 1 is 1.29 bits per heavy atom. The molecule has 1 spiro atoms. The number of hydrogen-bond donors (Lipinski definition) is 1. The summed E-state index contributed by atoms with van der Waals surface area (Å²) in [5, 5.41) is 10.3. The summed E-state index contributed by atoms with van der Waals surface area (Å²) in [6, 6.07) is 0. The monoisotopic (exact) mass is 432 g/mol. The van der Waals surface area contributed by atoms with Gasteiger partial charge in [0, 0.05) is 23.2 Å². The van der Waals surface area contributed by atoms with Crippen LogP contribution in [0.4, 0.5) is 4.39 Å². The van der Waals surface area contributed by atoms with Gasteiger partial charge < -0.3 is 14.6 Å². The lowest BCUT2D eigenvalue weighted by Crippen LogP contribution is -2.64. The number of alkyl halides is 1. The zero-order chi connectivity index (χ0) is 22.6. The van der Waals surface area contributed by atoms with Crippen molar-refractivity contribution >= 4 is 17.7 Å². The summed E-state index contributed by atoms with van der Waals surface area (Å²) in [7, 11) is 0. The van der Waals surface area contributed by atoms with Gasteiger partial charge in [-0.25, -0.2) is 9.18 Å². The molecular weight excluding hydrogens is 403 g/mol. The molecular formula is C24H29FO6. The maximum Gasteiger partial charge on any atom is 0.349 e. The first kappa shape index (κ1) is 20.9. The van der Waals surface area contributed by atoms with Crippen molar-refractivity contribution < 1.29 is 33.4 Å². The van der Waals surface area contributed by atoms with Crippen molar-refractivity contribution in [3.05, 3.63) is 23.8 Å². The van der Waals surface area contributed by atoms with E-state index in [0.29, 0.717) is 18.4 Å². The molecule has 0 unspecified atom stereocenters. The number of epoxide rings is 1. The zero-order valence-corrected chi connectivity index (χ0v) is 18.3. The molecule has 1 saturated heterocycles. The number of hydrogen-bond acceptors (Lipinski definition) is 5. The molecule has 1 heterocycles. The first-order valence-electron chi connectivity index (χ1n) is 11.2. The van der Waals surface area contributed by atoms with Gasteiger partial charge in [-0.3, -0.25) is 9.59 Å². The Bertz CT molecular complexity index is 956. The van der Waals surface area contributed by atoms with Crippen LogP contribution in [0.1, 0.15) is 53.4 Å². The normalized spacial score (nSPS) is 51.7. The highest BCUT2D eigenvalue weighted by Gasteiger charge is 2.84. The van der Waals surface area contributed by atoms with Crippen molar-refractivity contribution in [3.63, 3.8) is 0 Å². The van der Waals surface area contributed by atoms with Crippen LogP contribution in [0.2, 0.25) is 0 Å². The molecule has 9 atom stereocenters. The maximum absolute atomic E-state index is 15.5. The number of rotatable bonds is 3. The first-order chi connectivity index (χ1) is 14.5. The molecule has 1 aliphatic heterocycles. The third-order valence-electron chi connectivity index (χ3n) is 9.34. The van der Waals surface area contributed by atoms with E-state index in [1.165, 1.54) is 12.2 Å². The van der Waals surface area contributed by atoms with E-state index in [1.54, 1.807) is 13.0 Å². The van der Waals surface area contributed by atoms with Crippen LogP contribution in [0.15, 0.2) is 23.8 Å². The smallest absolute Gasteiger partial charge is 0.349 e. The van der Waals surface area contributed by atoms with E-state index in [4.69, 9.17) is 9.47 Å². The number of carbonyl (C=O) groups is 3. The van der Waals surface area contributed by atoms with E-state index in [2.05, 4.69) is 0 Å². The van der Waals surface area contributed by atoms with E-state index < -0.39 is 46.1 Å². The van der Waals surface area contributed by atoms with E-state index >= 15 is 4.39 Å². The minimum Gasteiger partial charge on any atom is -0.478 e. The molecule has 31 heavy (non-hydrogen) atoms. The van der Waals surface area contributed by atoms with Gasteiger partial charge >= 0.3 is 11.9 Å². The predicted molar refractivity (Wildman–Crippen MR) is 108 cm³/mol. The quantitative estimate of drug-likeness (QED) is 0.543. The fraction of sp³-hybridized carbons (Fsp3) is 0.708. The van der Waals surface area contributed by atoms with Crippen molar-refractivity contribution in [2.45, 2.75) is 76.9 Å². The number of carboxylic acid groups (broad SMARTS) is 1. The third kappa shape index (κ3) is 2.18. The van der Waals surface area contributed by atoms with Gasteiger partial charge in [-0.05, 0) is 55.7 Å². The van der Waals surface area contributed by atoms with Crippen LogP contribution >= 0.6 is 0 Å². The van der Waals surface area contributed by atoms with Crippen LogP contribution < -0.4 is 0 Å². The van der Waals surface area contributed by atoms with Crippen molar-refractivity contribution in [2.24, 2.45) is 28.6 Å². The molecule has 3 saturated carbocycles. The molecule has 0 bridgehead atoms. The Labute approximate surface area is 180 Å². The van der Waals surface area contributed by atoms with Crippen molar-refractivity contribution in [2.75, 3.05) is 0 Å². The number of carboxylic acids is 1. The highest BCUT2D eigenvalue weighted by Crippen LogP contribution is 2.77. The summed E-state index contributed by atoms with van der Waals surface area (Å²) >= 11 is 0. The van der Waals surface area contributed by atoms with Gasteiger partial charge in [0.25, 0.3) is 0 Å². The maximum atomic E-state index is 15.5. The Morgan fingerprint density at radius 2 is 2.00 bits per heavy atom. The van der Waals surface area contributed by atoms with Gasteiger partial charge in [0.05, 0.1) is 6.10 Å². The number of halogens is 1. The Balaban J connectivity index is 1.62. The number of carbonyl (C=O) groups excluding carboxylic acids is 2. The number of aliphatic carboxylic acids is 1. The first-order valence-corrected chi connectivity index (χ1v) is 11.2. The van der Waals surface area contributed by atoms with Crippen molar-refractivity contribution in [1.29, 1.82) is 0 Å². The van der Waals surface area contributed by atoms with Crippen molar-refractivity contribution in [1.82, 2.24) is 0 Å². The van der Waals surface area contributed by atoms with Gasteiger partial charge in [-0.2, -0.15) is 0 Å². The minimum atomic E-state index is -1.66. The topological polar surface area (TPSA) is 93.2 Å². The number of ether oxygens (including phenoxy) is 2. The van der Waals surface area contributed by atoms with E-state index in [9.17, 15) is 19.5 Å². The number of allylic oxidation sites excluding steroid dienone is 2. The molecule has 4 aliphatic carbocycles. The average molecular weight is 432 g/mol. The molecule has 4 fully saturated rings. The molecule has 7 heteroatoms. The van der Waals surface area contributed by atoms with Gasteiger partial charge in [0.2, 0.25) is 5.60 Å². The van der Waals surface area contributed by atoms with Gasteiger partial charge in [0.1, 0.15) is 11.8 Å². The Hall–Kier alpha value is -2.02. The molecule has 0 radical (unpaired) electrons. The highest BCUT2D eigenvalue weighted by atomic mass is 19.1. The summed E-state index contributed by atoms with van der Waals surface area (Å²) < 4.78 is 27.6. The van der Waals surface area contributed by atoms with Crippen LogP contribution in [-0.2, 0) is 23.9 Å². The molecule has 5 aliphatic rings. The second-order valence-corrected chi connectivity index (χ2v) is 10.5. The zero-order valence-electron chi connectivity index (χ0n) is 18.3. The highest BCUT2D eigenvalue weighted by molar-refractivity contribution is 6.01. The van der Waals surface area contributed by atoms with Crippen LogP contribution in [0.3, 0.4) is 0 Å². The van der Waals surface area contributed by atoms with Gasteiger partial charge in [-0.15, -0.1) is 0 Å². The second-order valence-electron chi connectivity index (χ2n) is 10.5. The summed E-state index contributed by atoms with van der Waals surface area (Å²) in [5.74, 6) is -2.70. The fourth-order valence-corrected chi connectivity index (χ4v) is 7.93. The van der Waals surface area contributed by atoms with Crippen LogP contribution in [0, 0.1) is 28.6 Å².